The Labute approximate surface area is 154 Å². The van der Waals surface area contributed by atoms with Crippen molar-refractivity contribution in [1.82, 2.24) is 0 Å². The Hall–Kier alpha value is -2.88. The molecule has 4 nitrogen and oxygen atoms in total. The zero-order valence-electron chi connectivity index (χ0n) is 15.2. The zero-order chi connectivity index (χ0) is 18.8. The Morgan fingerprint density at radius 2 is 1.58 bits per heavy atom. The van der Waals surface area contributed by atoms with Gasteiger partial charge in [-0.25, -0.2) is 4.79 Å². The van der Waals surface area contributed by atoms with Crippen LogP contribution < -0.4 is 4.74 Å². The first-order chi connectivity index (χ1) is 12.6. The van der Waals surface area contributed by atoms with Crippen LogP contribution >= 0.6 is 0 Å². The number of rotatable bonds is 9. The highest BCUT2D eigenvalue weighted by molar-refractivity contribution is 6.06. The third-order valence-electron chi connectivity index (χ3n) is 3.91. The fourth-order valence-corrected chi connectivity index (χ4v) is 2.37. The monoisotopic (exact) mass is 352 g/mol. The Morgan fingerprint density at radius 1 is 0.923 bits per heavy atom. The van der Waals surface area contributed by atoms with E-state index in [1.165, 1.54) is 13.2 Å². The van der Waals surface area contributed by atoms with E-state index in [9.17, 15) is 9.59 Å². The molecular weight excluding hydrogens is 328 g/mol. The fourth-order valence-electron chi connectivity index (χ4n) is 2.37. The van der Waals surface area contributed by atoms with Crippen molar-refractivity contribution in [1.29, 1.82) is 0 Å². The van der Waals surface area contributed by atoms with Crippen LogP contribution in [0.1, 0.15) is 52.5 Å². The van der Waals surface area contributed by atoms with Crippen LogP contribution in [0.2, 0.25) is 0 Å². The van der Waals surface area contributed by atoms with Gasteiger partial charge in [-0.05, 0) is 54.5 Å². The van der Waals surface area contributed by atoms with E-state index in [4.69, 9.17) is 4.74 Å². The number of unbranched alkanes of at least 4 members (excludes halogenated alkanes) is 2. The molecule has 0 radical (unpaired) electrons. The molecule has 136 valence electrons. The first-order valence-electron chi connectivity index (χ1n) is 8.77. The van der Waals surface area contributed by atoms with Crippen molar-refractivity contribution < 1.29 is 19.1 Å². The first kappa shape index (κ1) is 19.4. The average molecular weight is 352 g/mol. The van der Waals surface area contributed by atoms with Gasteiger partial charge in [-0.15, -0.1) is 0 Å². The largest absolute Gasteiger partial charge is 0.494 e. The molecule has 0 fully saturated rings. The normalized spacial score (nSPS) is 10.7. The van der Waals surface area contributed by atoms with Crippen LogP contribution in [0.15, 0.2) is 54.6 Å². The van der Waals surface area contributed by atoms with Crippen LogP contribution in [-0.2, 0) is 4.74 Å². The molecule has 0 bridgehead atoms. The minimum absolute atomic E-state index is 0.0837. The summed E-state index contributed by atoms with van der Waals surface area (Å²) in [5, 5.41) is 0. The number of esters is 1. The predicted octanol–water partition coefficient (Wildman–Crippen LogP) is 4.94. The van der Waals surface area contributed by atoms with Crippen molar-refractivity contribution >= 4 is 17.8 Å². The molecule has 0 aromatic heterocycles. The van der Waals surface area contributed by atoms with Gasteiger partial charge in [0.2, 0.25) is 0 Å². The second-order valence-electron chi connectivity index (χ2n) is 5.89. The molecule has 26 heavy (non-hydrogen) atoms. The van der Waals surface area contributed by atoms with E-state index < -0.39 is 0 Å². The molecule has 0 atom stereocenters. The lowest BCUT2D eigenvalue weighted by molar-refractivity contribution is 0.0600. The molecular formula is C22H24O4. The Bertz CT molecular complexity index is 743. The number of hydrogen-bond acceptors (Lipinski definition) is 4. The molecule has 2 aromatic rings. The van der Waals surface area contributed by atoms with E-state index in [0.717, 1.165) is 30.6 Å². The van der Waals surface area contributed by atoms with Crippen molar-refractivity contribution in [2.45, 2.75) is 26.2 Å². The first-order valence-corrected chi connectivity index (χ1v) is 8.77. The summed E-state index contributed by atoms with van der Waals surface area (Å²) in [6, 6.07) is 14.0. The smallest absolute Gasteiger partial charge is 0.337 e. The van der Waals surface area contributed by atoms with Gasteiger partial charge in [0.25, 0.3) is 0 Å². The van der Waals surface area contributed by atoms with Crippen molar-refractivity contribution in [3.05, 3.63) is 71.3 Å². The molecule has 2 aromatic carbocycles. The van der Waals surface area contributed by atoms with Crippen LogP contribution in [0.25, 0.3) is 6.08 Å². The quantitative estimate of drug-likeness (QED) is 0.278. The second-order valence-corrected chi connectivity index (χ2v) is 5.89. The highest BCUT2D eigenvalue weighted by Crippen LogP contribution is 2.14. The number of ketones is 1. The highest BCUT2D eigenvalue weighted by Gasteiger charge is 2.05. The molecule has 2 rings (SSSR count). The summed E-state index contributed by atoms with van der Waals surface area (Å²) >= 11 is 0. The Kier molecular flexibility index (Phi) is 7.62. The summed E-state index contributed by atoms with van der Waals surface area (Å²) in [6.45, 7) is 2.85. The zero-order valence-corrected chi connectivity index (χ0v) is 15.2. The lowest BCUT2D eigenvalue weighted by Crippen LogP contribution is -2.00. The minimum Gasteiger partial charge on any atom is -0.494 e. The van der Waals surface area contributed by atoms with E-state index >= 15 is 0 Å². The average Bonchev–Trinajstić information content (AvgIpc) is 2.69. The number of carbonyl (C=O) groups excluding carboxylic acids is 2. The van der Waals surface area contributed by atoms with Gasteiger partial charge in [0, 0.05) is 5.56 Å². The third-order valence-corrected chi connectivity index (χ3v) is 3.91. The SMILES string of the molecule is CCCCCOc1ccc(C(=O)C=Cc2ccc(C(=O)OC)cc2)cc1. The maximum atomic E-state index is 12.2. The minimum atomic E-state index is -0.381. The van der Waals surface area contributed by atoms with Crippen molar-refractivity contribution in [3.63, 3.8) is 0 Å². The third kappa shape index (κ3) is 5.88. The van der Waals surface area contributed by atoms with Crippen LogP contribution in [0.4, 0.5) is 0 Å². The van der Waals surface area contributed by atoms with E-state index in [2.05, 4.69) is 11.7 Å². The summed E-state index contributed by atoms with van der Waals surface area (Å²) < 4.78 is 10.3. The molecule has 0 aliphatic heterocycles. The van der Waals surface area contributed by atoms with Crippen LogP contribution in [0.3, 0.4) is 0 Å². The molecule has 0 amide bonds. The van der Waals surface area contributed by atoms with Gasteiger partial charge >= 0.3 is 5.97 Å². The summed E-state index contributed by atoms with van der Waals surface area (Å²) in [5.41, 5.74) is 1.92. The topological polar surface area (TPSA) is 52.6 Å². The number of hydrogen-bond donors (Lipinski definition) is 0. The van der Waals surface area contributed by atoms with Gasteiger partial charge in [0.15, 0.2) is 5.78 Å². The molecule has 0 aliphatic carbocycles. The van der Waals surface area contributed by atoms with E-state index in [-0.39, 0.29) is 11.8 Å². The van der Waals surface area contributed by atoms with Gasteiger partial charge in [-0.3, -0.25) is 4.79 Å². The number of ether oxygens (including phenoxy) is 2. The number of allylic oxidation sites excluding steroid dienone is 1. The molecule has 0 aliphatic rings. The summed E-state index contributed by atoms with van der Waals surface area (Å²) in [6.07, 6.45) is 6.59. The molecule has 0 saturated carbocycles. The van der Waals surface area contributed by atoms with Crippen LogP contribution in [-0.4, -0.2) is 25.5 Å². The maximum Gasteiger partial charge on any atom is 0.337 e. The van der Waals surface area contributed by atoms with Gasteiger partial charge in [0.1, 0.15) is 5.75 Å². The lowest BCUT2D eigenvalue weighted by Gasteiger charge is -2.06. The van der Waals surface area contributed by atoms with Crippen molar-refractivity contribution in [3.8, 4) is 5.75 Å². The summed E-state index contributed by atoms with van der Waals surface area (Å²) in [5.74, 6) is 0.313. The summed E-state index contributed by atoms with van der Waals surface area (Å²) in [7, 11) is 1.34. The van der Waals surface area contributed by atoms with Crippen LogP contribution in [0, 0.1) is 0 Å². The molecule has 0 saturated heterocycles. The van der Waals surface area contributed by atoms with Gasteiger partial charge < -0.3 is 9.47 Å². The standard InChI is InChI=1S/C22H24O4/c1-3-4-5-16-26-20-13-11-18(12-14-20)21(23)15-8-17-6-9-19(10-7-17)22(24)25-2/h6-15H,3-5,16H2,1-2H3. The van der Waals surface area contributed by atoms with Crippen LogP contribution in [0.5, 0.6) is 5.75 Å². The van der Waals surface area contributed by atoms with Crippen molar-refractivity contribution in [2.24, 2.45) is 0 Å². The van der Waals surface area contributed by atoms with Gasteiger partial charge in [0.05, 0.1) is 19.3 Å². The van der Waals surface area contributed by atoms with Gasteiger partial charge in [-0.2, -0.15) is 0 Å². The summed E-state index contributed by atoms with van der Waals surface area (Å²) in [4.78, 5) is 23.6. The molecule has 0 unspecified atom stereocenters. The van der Waals surface area contributed by atoms with Gasteiger partial charge in [-0.1, -0.05) is 38.0 Å². The molecule has 0 spiro atoms. The predicted molar refractivity (Wildman–Crippen MR) is 103 cm³/mol. The van der Waals surface area contributed by atoms with Crippen molar-refractivity contribution in [2.75, 3.05) is 13.7 Å². The molecule has 4 heteroatoms. The second kappa shape index (κ2) is 10.2. The Balaban J connectivity index is 1.92. The Morgan fingerprint density at radius 3 is 2.19 bits per heavy atom. The number of methoxy groups -OCH3 is 1. The maximum absolute atomic E-state index is 12.2. The van der Waals surface area contributed by atoms with E-state index in [0.29, 0.717) is 17.7 Å². The molecule has 0 N–H and O–H groups in total. The van der Waals surface area contributed by atoms with E-state index in [1.54, 1.807) is 42.5 Å². The highest BCUT2D eigenvalue weighted by atomic mass is 16.5. The van der Waals surface area contributed by atoms with E-state index in [1.807, 2.05) is 12.1 Å². The number of carbonyl (C=O) groups is 2. The fraction of sp³-hybridized carbons (Fsp3) is 0.273. The lowest BCUT2D eigenvalue weighted by atomic mass is 10.1. The molecule has 0 heterocycles. The number of benzene rings is 2.